The van der Waals surface area contributed by atoms with Gasteiger partial charge in [0.2, 0.25) is 0 Å². The third-order valence-corrected chi connectivity index (χ3v) is 4.86. The molecule has 3 N–H and O–H groups in total. The standard InChI is InChI=1S/C20H29NO6/c22-9-7-16-3-1-2-4-18(16)21-13-17-15(5-6-19(17)24)8-11-26-14-20(25)27-12-10-23/h1-4,15,17,21-23H,5-14H2/t15-,17-/m1/s1. The number of ketones is 1. The molecule has 0 unspecified atom stereocenters. The normalized spacial score (nSPS) is 19.3. The fourth-order valence-electron chi connectivity index (χ4n) is 3.45. The molecule has 2 rings (SSSR count). The van der Waals surface area contributed by atoms with E-state index in [4.69, 9.17) is 14.6 Å². The molecule has 0 bridgehead atoms. The van der Waals surface area contributed by atoms with Crippen LogP contribution < -0.4 is 5.32 Å². The summed E-state index contributed by atoms with van der Waals surface area (Å²) in [6.45, 7) is 0.672. The highest BCUT2D eigenvalue weighted by molar-refractivity contribution is 5.84. The van der Waals surface area contributed by atoms with Crippen LogP contribution in [0, 0.1) is 11.8 Å². The van der Waals surface area contributed by atoms with Gasteiger partial charge in [-0.25, -0.2) is 4.79 Å². The summed E-state index contributed by atoms with van der Waals surface area (Å²) in [6, 6.07) is 7.79. The van der Waals surface area contributed by atoms with Crippen molar-refractivity contribution in [3.05, 3.63) is 29.8 Å². The summed E-state index contributed by atoms with van der Waals surface area (Å²) >= 11 is 0. The molecular weight excluding hydrogens is 350 g/mol. The minimum Gasteiger partial charge on any atom is -0.462 e. The predicted molar refractivity (Wildman–Crippen MR) is 100 cm³/mol. The lowest BCUT2D eigenvalue weighted by Gasteiger charge is -2.20. The molecule has 150 valence electrons. The van der Waals surface area contributed by atoms with Gasteiger partial charge in [0, 0.05) is 37.8 Å². The molecule has 0 radical (unpaired) electrons. The van der Waals surface area contributed by atoms with Gasteiger partial charge in [0.25, 0.3) is 0 Å². The van der Waals surface area contributed by atoms with Crippen molar-refractivity contribution in [1.29, 1.82) is 0 Å². The first-order valence-electron chi connectivity index (χ1n) is 9.45. The first kappa shape index (κ1) is 21.3. The number of anilines is 1. The van der Waals surface area contributed by atoms with Crippen LogP contribution in [0.2, 0.25) is 0 Å². The van der Waals surface area contributed by atoms with Gasteiger partial charge in [-0.1, -0.05) is 18.2 Å². The van der Waals surface area contributed by atoms with E-state index in [9.17, 15) is 14.7 Å². The average Bonchev–Trinajstić information content (AvgIpc) is 3.02. The van der Waals surface area contributed by atoms with Crippen molar-refractivity contribution in [2.24, 2.45) is 11.8 Å². The Kier molecular flexibility index (Phi) is 9.24. The molecular formula is C20H29NO6. The summed E-state index contributed by atoms with van der Waals surface area (Å²) in [6.07, 6.45) is 2.70. The van der Waals surface area contributed by atoms with Crippen LogP contribution in [0.1, 0.15) is 24.8 Å². The van der Waals surface area contributed by atoms with Gasteiger partial charge in [-0.05, 0) is 36.8 Å². The van der Waals surface area contributed by atoms with Crippen molar-refractivity contribution in [3.8, 4) is 0 Å². The molecule has 0 heterocycles. The van der Waals surface area contributed by atoms with Gasteiger partial charge in [-0.2, -0.15) is 0 Å². The van der Waals surface area contributed by atoms with Crippen molar-refractivity contribution >= 4 is 17.4 Å². The Morgan fingerprint density at radius 1 is 1.19 bits per heavy atom. The van der Waals surface area contributed by atoms with E-state index in [1.165, 1.54) is 0 Å². The third-order valence-electron chi connectivity index (χ3n) is 4.86. The number of carbonyl (C=O) groups excluding carboxylic acids is 2. The van der Waals surface area contributed by atoms with Gasteiger partial charge < -0.3 is 25.0 Å². The SMILES string of the molecule is O=C(COCC[C@H]1CCC(=O)[C@@H]1CNc1ccccc1CCO)OCCO. The first-order valence-corrected chi connectivity index (χ1v) is 9.45. The second kappa shape index (κ2) is 11.7. The smallest absolute Gasteiger partial charge is 0.332 e. The van der Waals surface area contributed by atoms with E-state index in [1.54, 1.807) is 0 Å². The fourth-order valence-corrected chi connectivity index (χ4v) is 3.45. The van der Waals surface area contributed by atoms with Crippen LogP contribution in [0.15, 0.2) is 24.3 Å². The van der Waals surface area contributed by atoms with Gasteiger partial charge in [0.15, 0.2) is 0 Å². The van der Waals surface area contributed by atoms with Gasteiger partial charge >= 0.3 is 5.97 Å². The summed E-state index contributed by atoms with van der Waals surface area (Å²) in [5.74, 6) is -0.0830. The monoisotopic (exact) mass is 379 g/mol. The number of carbonyl (C=O) groups is 2. The largest absolute Gasteiger partial charge is 0.462 e. The average molecular weight is 379 g/mol. The zero-order valence-corrected chi connectivity index (χ0v) is 15.6. The Balaban J connectivity index is 1.78. The quantitative estimate of drug-likeness (QED) is 0.370. The molecule has 0 spiro atoms. The van der Waals surface area contributed by atoms with Crippen LogP contribution in [-0.4, -0.2) is 61.5 Å². The number of rotatable bonds is 12. The third kappa shape index (κ3) is 6.93. The summed E-state index contributed by atoms with van der Waals surface area (Å²) in [5.41, 5.74) is 1.99. The zero-order valence-electron chi connectivity index (χ0n) is 15.6. The van der Waals surface area contributed by atoms with Gasteiger partial charge in [-0.15, -0.1) is 0 Å². The number of nitrogens with one attached hydrogen (secondary N) is 1. The van der Waals surface area contributed by atoms with Crippen molar-refractivity contribution in [2.75, 3.05) is 44.9 Å². The van der Waals surface area contributed by atoms with Crippen LogP contribution in [0.4, 0.5) is 5.69 Å². The van der Waals surface area contributed by atoms with E-state index in [1.807, 2.05) is 24.3 Å². The lowest BCUT2D eigenvalue weighted by molar-refractivity contribution is -0.150. The Morgan fingerprint density at radius 2 is 2.00 bits per heavy atom. The van der Waals surface area contributed by atoms with Crippen molar-refractivity contribution < 1.29 is 29.3 Å². The van der Waals surface area contributed by atoms with Gasteiger partial charge in [-0.3, -0.25) is 4.79 Å². The lowest BCUT2D eigenvalue weighted by Crippen LogP contribution is -2.25. The molecule has 1 aromatic rings. The number of aliphatic hydroxyl groups is 2. The molecule has 2 atom stereocenters. The minimum atomic E-state index is -0.495. The molecule has 7 heteroatoms. The highest BCUT2D eigenvalue weighted by Gasteiger charge is 2.34. The Morgan fingerprint density at radius 3 is 2.78 bits per heavy atom. The number of esters is 1. The maximum Gasteiger partial charge on any atom is 0.332 e. The second-order valence-electron chi connectivity index (χ2n) is 6.67. The molecule has 1 aliphatic carbocycles. The Labute approximate surface area is 159 Å². The van der Waals surface area contributed by atoms with E-state index in [0.717, 1.165) is 17.7 Å². The molecule has 0 aromatic heterocycles. The minimum absolute atomic E-state index is 0.0230. The second-order valence-corrected chi connectivity index (χ2v) is 6.67. The first-order chi connectivity index (χ1) is 13.2. The Hall–Kier alpha value is -1.96. The number of hydrogen-bond acceptors (Lipinski definition) is 7. The summed E-state index contributed by atoms with van der Waals surface area (Å²) in [4.78, 5) is 23.6. The fraction of sp³-hybridized carbons (Fsp3) is 0.600. The van der Waals surface area contributed by atoms with E-state index < -0.39 is 5.97 Å². The molecule has 1 aliphatic rings. The van der Waals surface area contributed by atoms with Crippen LogP contribution >= 0.6 is 0 Å². The van der Waals surface area contributed by atoms with Gasteiger partial charge in [0.1, 0.15) is 19.0 Å². The maximum absolute atomic E-state index is 12.3. The number of aliphatic hydroxyl groups excluding tert-OH is 2. The van der Waals surface area contributed by atoms with Crippen LogP contribution in [-0.2, 0) is 25.5 Å². The van der Waals surface area contributed by atoms with E-state index in [-0.39, 0.29) is 44.0 Å². The number of ether oxygens (including phenoxy) is 2. The zero-order chi connectivity index (χ0) is 19.5. The lowest BCUT2D eigenvalue weighted by atomic mass is 9.92. The summed E-state index contributed by atoms with van der Waals surface area (Å²) < 4.78 is 10.1. The molecule has 27 heavy (non-hydrogen) atoms. The molecule has 0 saturated heterocycles. The predicted octanol–water partition coefficient (Wildman–Crippen LogP) is 1.17. The van der Waals surface area contributed by atoms with Gasteiger partial charge in [0.05, 0.1) is 6.61 Å². The number of Topliss-reactive ketones (excluding diaryl/α,β-unsaturated/α-hetero) is 1. The van der Waals surface area contributed by atoms with Crippen LogP contribution in [0.3, 0.4) is 0 Å². The summed E-state index contributed by atoms with van der Waals surface area (Å²) in [5, 5.41) is 21.1. The molecule has 0 aliphatic heterocycles. The number of hydrogen-bond donors (Lipinski definition) is 3. The highest BCUT2D eigenvalue weighted by Crippen LogP contribution is 2.32. The summed E-state index contributed by atoms with van der Waals surface area (Å²) in [7, 11) is 0. The van der Waals surface area contributed by atoms with Crippen LogP contribution in [0.5, 0.6) is 0 Å². The van der Waals surface area contributed by atoms with E-state index in [0.29, 0.717) is 32.4 Å². The molecule has 0 amide bonds. The van der Waals surface area contributed by atoms with Crippen LogP contribution in [0.25, 0.3) is 0 Å². The topological polar surface area (TPSA) is 105 Å². The highest BCUT2D eigenvalue weighted by atomic mass is 16.6. The molecule has 1 fully saturated rings. The van der Waals surface area contributed by atoms with E-state index in [2.05, 4.69) is 5.32 Å². The van der Waals surface area contributed by atoms with Crippen molar-refractivity contribution in [1.82, 2.24) is 0 Å². The maximum atomic E-state index is 12.3. The molecule has 7 nitrogen and oxygen atoms in total. The molecule has 1 aromatic carbocycles. The van der Waals surface area contributed by atoms with Crippen molar-refractivity contribution in [3.63, 3.8) is 0 Å². The number of para-hydroxylation sites is 1. The Bertz CT molecular complexity index is 606. The molecule has 1 saturated carbocycles. The van der Waals surface area contributed by atoms with E-state index >= 15 is 0 Å². The van der Waals surface area contributed by atoms with Crippen molar-refractivity contribution in [2.45, 2.75) is 25.7 Å². The number of benzene rings is 1.